The number of carbonyl (C=O) groups is 1. The SMILES string of the molecule is [CH2]C(C)(C)COC(=O)CCCl. The van der Waals surface area contributed by atoms with Gasteiger partial charge in [-0.1, -0.05) is 13.8 Å². The Hall–Kier alpha value is -0.240. The lowest BCUT2D eigenvalue weighted by molar-refractivity contribution is -0.145. The lowest BCUT2D eigenvalue weighted by Crippen LogP contribution is -2.18. The molecule has 0 aromatic rings. The molecule has 0 saturated carbocycles. The summed E-state index contributed by atoms with van der Waals surface area (Å²) in [7, 11) is 0. The fraction of sp³-hybridized carbons (Fsp3) is 0.750. The maximum Gasteiger partial charge on any atom is 0.307 e. The van der Waals surface area contributed by atoms with Crippen LogP contribution in [0.4, 0.5) is 0 Å². The number of esters is 1. The Labute approximate surface area is 72.9 Å². The lowest BCUT2D eigenvalue weighted by Gasteiger charge is -2.17. The number of carbonyl (C=O) groups excluding carboxylic acids is 1. The van der Waals surface area contributed by atoms with Gasteiger partial charge in [-0.3, -0.25) is 4.79 Å². The van der Waals surface area contributed by atoms with Gasteiger partial charge in [-0.2, -0.15) is 0 Å². The summed E-state index contributed by atoms with van der Waals surface area (Å²) in [6.45, 7) is 7.95. The molecule has 0 aliphatic heterocycles. The lowest BCUT2D eigenvalue weighted by atomic mass is 9.99. The quantitative estimate of drug-likeness (QED) is 0.485. The summed E-state index contributed by atoms with van der Waals surface area (Å²) in [5, 5.41) is 0. The zero-order valence-corrected chi connectivity index (χ0v) is 7.78. The van der Waals surface area contributed by atoms with Crippen molar-refractivity contribution in [3.63, 3.8) is 0 Å². The molecule has 11 heavy (non-hydrogen) atoms. The van der Waals surface area contributed by atoms with Crippen LogP contribution in [-0.2, 0) is 9.53 Å². The summed E-state index contributed by atoms with van der Waals surface area (Å²) in [6.07, 6.45) is 0.275. The van der Waals surface area contributed by atoms with E-state index in [1.807, 2.05) is 13.8 Å². The van der Waals surface area contributed by atoms with Crippen LogP contribution in [0.3, 0.4) is 0 Å². The van der Waals surface area contributed by atoms with Crippen molar-refractivity contribution < 1.29 is 9.53 Å². The van der Waals surface area contributed by atoms with E-state index in [-0.39, 0.29) is 17.8 Å². The number of hydrogen-bond acceptors (Lipinski definition) is 2. The van der Waals surface area contributed by atoms with Gasteiger partial charge in [-0.25, -0.2) is 0 Å². The number of rotatable bonds is 4. The third-order valence-corrected chi connectivity index (χ3v) is 1.11. The molecule has 1 radical (unpaired) electrons. The monoisotopic (exact) mass is 177 g/mol. The maximum atomic E-state index is 10.8. The van der Waals surface area contributed by atoms with Crippen molar-refractivity contribution in [3.8, 4) is 0 Å². The molecule has 0 amide bonds. The highest BCUT2D eigenvalue weighted by atomic mass is 35.5. The summed E-state index contributed by atoms with van der Waals surface area (Å²) in [5.41, 5.74) is -0.206. The van der Waals surface area contributed by atoms with E-state index in [9.17, 15) is 4.79 Å². The molecule has 0 heterocycles. The first-order valence-electron chi connectivity index (χ1n) is 3.52. The highest BCUT2D eigenvalue weighted by Gasteiger charge is 2.13. The Bertz CT molecular complexity index is 127. The van der Waals surface area contributed by atoms with Gasteiger partial charge in [0.1, 0.15) is 0 Å². The van der Waals surface area contributed by atoms with Crippen LogP contribution in [0.25, 0.3) is 0 Å². The van der Waals surface area contributed by atoms with Crippen LogP contribution >= 0.6 is 11.6 Å². The minimum Gasteiger partial charge on any atom is -0.465 e. The van der Waals surface area contributed by atoms with Gasteiger partial charge in [-0.15, -0.1) is 11.6 Å². The Kier molecular flexibility index (Phi) is 4.50. The van der Waals surface area contributed by atoms with Crippen LogP contribution in [0.15, 0.2) is 0 Å². The van der Waals surface area contributed by atoms with E-state index < -0.39 is 0 Å². The average molecular weight is 178 g/mol. The summed E-state index contributed by atoms with van der Waals surface area (Å²) in [6, 6.07) is 0. The van der Waals surface area contributed by atoms with Crippen LogP contribution in [-0.4, -0.2) is 18.5 Å². The largest absolute Gasteiger partial charge is 0.465 e. The number of ether oxygens (including phenoxy) is 1. The summed E-state index contributed by atoms with van der Waals surface area (Å²) >= 11 is 5.33. The normalized spacial score (nSPS) is 11.3. The molecule has 0 atom stereocenters. The third kappa shape index (κ3) is 7.66. The minimum atomic E-state index is -0.253. The zero-order chi connectivity index (χ0) is 8.91. The molecule has 2 nitrogen and oxygen atoms in total. The second-order valence-electron chi connectivity index (χ2n) is 3.26. The van der Waals surface area contributed by atoms with Gasteiger partial charge in [0.2, 0.25) is 0 Å². The van der Waals surface area contributed by atoms with Crippen molar-refractivity contribution in [3.05, 3.63) is 6.92 Å². The zero-order valence-electron chi connectivity index (χ0n) is 7.02. The van der Waals surface area contributed by atoms with Crippen LogP contribution in [0.1, 0.15) is 20.3 Å². The number of hydrogen-bond donors (Lipinski definition) is 0. The van der Waals surface area contributed by atoms with Crippen molar-refractivity contribution in [2.45, 2.75) is 20.3 Å². The number of alkyl halides is 1. The van der Waals surface area contributed by atoms with Crippen molar-refractivity contribution in [2.75, 3.05) is 12.5 Å². The van der Waals surface area contributed by atoms with Crippen LogP contribution in [0.5, 0.6) is 0 Å². The highest BCUT2D eigenvalue weighted by Crippen LogP contribution is 2.12. The molecule has 0 fully saturated rings. The second-order valence-corrected chi connectivity index (χ2v) is 3.64. The van der Waals surface area contributed by atoms with E-state index in [0.717, 1.165) is 0 Å². The van der Waals surface area contributed by atoms with Crippen LogP contribution in [0, 0.1) is 12.3 Å². The predicted octanol–water partition coefficient (Wildman–Crippen LogP) is 2.02. The molecular weight excluding hydrogens is 164 g/mol. The van der Waals surface area contributed by atoms with Crippen LogP contribution < -0.4 is 0 Å². The maximum absolute atomic E-state index is 10.8. The smallest absolute Gasteiger partial charge is 0.307 e. The third-order valence-electron chi connectivity index (χ3n) is 0.923. The summed E-state index contributed by atoms with van der Waals surface area (Å²) in [5.74, 6) is 0.0628. The van der Waals surface area contributed by atoms with E-state index in [1.54, 1.807) is 0 Å². The molecule has 0 unspecified atom stereocenters. The van der Waals surface area contributed by atoms with Crippen molar-refractivity contribution in [2.24, 2.45) is 5.41 Å². The molecule has 0 aromatic heterocycles. The first-order chi connectivity index (χ1) is 4.95. The van der Waals surface area contributed by atoms with Gasteiger partial charge in [0.15, 0.2) is 0 Å². The molecule has 0 aromatic carbocycles. The van der Waals surface area contributed by atoms with Crippen LogP contribution in [0.2, 0.25) is 0 Å². The molecule has 0 aliphatic carbocycles. The molecule has 0 spiro atoms. The Morgan fingerprint density at radius 2 is 2.18 bits per heavy atom. The summed E-state index contributed by atoms with van der Waals surface area (Å²) in [4.78, 5) is 10.8. The van der Waals surface area contributed by atoms with Gasteiger partial charge >= 0.3 is 5.97 Å². The average Bonchev–Trinajstić information content (AvgIpc) is 1.83. The van der Waals surface area contributed by atoms with Crippen molar-refractivity contribution >= 4 is 17.6 Å². The molecular formula is C8H14ClO2. The number of halogens is 1. The molecule has 0 aliphatic rings. The first kappa shape index (κ1) is 10.8. The van der Waals surface area contributed by atoms with E-state index in [1.165, 1.54) is 0 Å². The minimum absolute atomic E-state index is 0.206. The van der Waals surface area contributed by atoms with Gasteiger partial charge in [0.05, 0.1) is 13.0 Å². The molecule has 0 saturated heterocycles. The van der Waals surface area contributed by atoms with Gasteiger partial charge in [-0.05, 0) is 12.3 Å². The van der Waals surface area contributed by atoms with E-state index in [0.29, 0.717) is 12.5 Å². The van der Waals surface area contributed by atoms with E-state index in [4.69, 9.17) is 16.3 Å². The fourth-order valence-corrected chi connectivity index (χ4v) is 0.579. The highest BCUT2D eigenvalue weighted by molar-refractivity contribution is 6.18. The molecule has 0 rings (SSSR count). The van der Waals surface area contributed by atoms with Gasteiger partial charge in [0, 0.05) is 5.88 Å². The molecule has 3 heteroatoms. The van der Waals surface area contributed by atoms with Gasteiger partial charge in [0.25, 0.3) is 0 Å². The molecule has 0 N–H and O–H groups in total. The Balaban J connectivity index is 3.46. The first-order valence-corrected chi connectivity index (χ1v) is 4.06. The summed E-state index contributed by atoms with van der Waals surface area (Å²) < 4.78 is 4.86. The Morgan fingerprint density at radius 3 is 2.55 bits per heavy atom. The van der Waals surface area contributed by atoms with E-state index >= 15 is 0 Å². The van der Waals surface area contributed by atoms with Crippen molar-refractivity contribution in [1.82, 2.24) is 0 Å². The van der Waals surface area contributed by atoms with Gasteiger partial charge < -0.3 is 4.74 Å². The standard InChI is InChI=1S/C8H14ClO2/c1-8(2,3)6-11-7(10)4-5-9/h1,4-6H2,2-3H3. The predicted molar refractivity (Wildman–Crippen MR) is 45.4 cm³/mol. The van der Waals surface area contributed by atoms with Crippen molar-refractivity contribution in [1.29, 1.82) is 0 Å². The Morgan fingerprint density at radius 1 is 1.64 bits per heavy atom. The molecule has 0 bridgehead atoms. The fourth-order valence-electron chi connectivity index (χ4n) is 0.425. The molecule has 65 valence electrons. The van der Waals surface area contributed by atoms with E-state index in [2.05, 4.69) is 6.92 Å². The second kappa shape index (κ2) is 4.60. The topological polar surface area (TPSA) is 26.3 Å².